The summed E-state index contributed by atoms with van der Waals surface area (Å²) in [5, 5.41) is 1.38. The smallest absolute Gasteiger partial charge is 0.249 e. The van der Waals surface area contributed by atoms with Crippen LogP contribution < -0.4 is 5.43 Å². The van der Waals surface area contributed by atoms with Gasteiger partial charge in [0.1, 0.15) is 0 Å². The molecule has 0 aromatic heterocycles. The van der Waals surface area contributed by atoms with Gasteiger partial charge in [0.15, 0.2) is 0 Å². The molecule has 2 amide bonds. The van der Waals surface area contributed by atoms with Crippen LogP contribution in [0.25, 0.3) is 0 Å². The maximum absolute atomic E-state index is 11.0. The van der Waals surface area contributed by atoms with Gasteiger partial charge in [-0.3, -0.25) is 20.0 Å². The number of nitrogens with zero attached hydrogens (tertiary/aromatic N) is 1. The molecular weight excluding hydrogens is 260 g/mol. The predicted octanol–water partition coefficient (Wildman–Crippen LogP) is 1.07. The first-order chi connectivity index (χ1) is 7.26. The highest BCUT2D eigenvalue weighted by Gasteiger charge is 2.05. The average Bonchev–Trinajstić information content (AvgIpc) is 2.29. The van der Waals surface area contributed by atoms with Gasteiger partial charge in [-0.2, -0.15) is 0 Å². The highest BCUT2D eigenvalue weighted by Crippen LogP contribution is 2.00. The first-order valence-corrected chi connectivity index (χ1v) is 5.49. The summed E-state index contributed by atoms with van der Waals surface area (Å²) in [6.07, 6.45) is 0.591. The third-order valence-electron chi connectivity index (χ3n) is 1.71. The van der Waals surface area contributed by atoms with Gasteiger partial charge in [-0.25, -0.2) is 0 Å². The lowest BCUT2D eigenvalue weighted by Crippen LogP contribution is -2.41. The van der Waals surface area contributed by atoms with Gasteiger partial charge in [-0.1, -0.05) is 46.3 Å². The molecule has 0 aliphatic carbocycles. The Bertz CT molecular complexity index is 329. The molecule has 80 valence electrons. The Labute approximate surface area is 96.4 Å². The highest BCUT2D eigenvalue weighted by molar-refractivity contribution is 9.09. The normalized spacial score (nSPS) is 9.40. The summed E-state index contributed by atoms with van der Waals surface area (Å²) in [7, 11) is 0. The average molecular weight is 271 g/mol. The van der Waals surface area contributed by atoms with Crippen LogP contribution in [0.4, 0.5) is 0 Å². The number of alkyl halides is 1. The third kappa shape index (κ3) is 4.12. The van der Waals surface area contributed by atoms with Gasteiger partial charge in [0, 0.05) is 0 Å². The van der Waals surface area contributed by atoms with Crippen LogP contribution in [0.5, 0.6) is 0 Å². The van der Waals surface area contributed by atoms with E-state index in [9.17, 15) is 9.59 Å². The summed E-state index contributed by atoms with van der Waals surface area (Å²) >= 11 is 3.00. The lowest BCUT2D eigenvalue weighted by Gasteiger charge is -2.17. The van der Waals surface area contributed by atoms with Crippen LogP contribution in [0.3, 0.4) is 0 Å². The predicted molar refractivity (Wildman–Crippen MR) is 60.0 cm³/mol. The first-order valence-electron chi connectivity index (χ1n) is 4.37. The van der Waals surface area contributed by atoms with Crippen LogP contribution in [0.1, 0.15) is 5.56 Å². The Kier molecular flexibility index (Phi) is 4.83. The number of halogens is 1. The number of carbonyl (C=O) groups is 2. The van der Waals surface area contributed by atoms with Crippen molar-refractivity contribution in [2.24, 2.45) is 0 Å². The van der Waals surface area contributed by atoms with E-state index in [-0.39, 0.29) is 11.2 Å². The van der Waals surface area contributed by atoms with Gasteiger partial charge in [0.25, 0.3) is 0 Å². The topological polar surface area (TPSA) is 49.4 Å². The molecule has 0 unspecified atom stereocenters. The Morgan fingerprint density at radius 1 is 1.40 bits per heavy atom. The summed E-state index contributed by atoms with van der Waals surface area (Å²) in [6, 6.07) is 9.43. The van der Waals surface area contributed by atoms with Crippen molar-refractivity contribution >= 4 is 28.2 Å². The van der Waals surface area contributed by atoms with E-state index >= 15 is 0 Å². The molecular formula is C10H11BrN2O2. The number of carbonyl (C=O) groups excluding carboxylic acids is 2. The number of hydrogen-bond donors (Lipinski definition) is 1. The molecule has 0 atom stereocenters. The molecule has 0 heterocycles. The highest BCUT2D eigenvalue weighted by atomic mass is 79.9. The van der Waals surface area contributed by atoms with Crippen molar-refractivity contribution in [3.05, 3.63) is 35.9 Å². The molecule has 0 aliphatic rings. The Morgan fingerprint density at radius 3 is 2.60 bits per heavy atom. The monoisotopic (exact) mass is 270 g/mol. The minimum atomic E-state index is -0.252. The van der Waals surface area contributed by atoms with E-state index in [4.69, 9.17) is 0 Å². The third-order valence-corrected chi connectivity index (χ3v) is 2.22. The van der Waals surface area contributed by atoms with E-state index in [1.54, 1.807) is 0 Å². The summed E-state index contributed by atoms with van der Waals surface area (Å²) in [5.41, 5.74) is 3.40. The fraction of sp³-hybridized carbons (Fsp3) is 0.200. The molecule has 1 aromatic carbocycles. The first kappa shape index (κ1) is 11.7. The SMILES string of the molecule is O=CN(Cc1ccccc1)NC(=O)CBr. The van der Waals surface area contributed by atoms with Crippen LogP contribution >= 0.6 is 15.9 Å². The number of nitrogens with one attached hydrogen (secondary N) is 1. The second-order valence-electron chi connectivity index (χ2n) is 2.89. The second kappa shape index (κ2) is 6.19. The van der Waals surface area contributed by atoms with Crippen LogP contribution in [-0.4, -0.2) is 22.7 Å². The number of rotatable bonds is 5. The molecule has 0 bridgehead atoms. The van der Waals surface area contributed by atoms with E-state index < -0.39 is 0 Å². The second-order valence-corrected chi connectivity index (χ2v) is 3.45. The zero-order chi connectivity index (χ0) is 11.1. The van der Waals surface area contributed by atoms with Gasteiger partial charge in [0.05, 0.1) is 11.9 Å². The molecule has 0 saturated carbocycles. The van der Waals surface area contributed by atoms with Crippen LogP contribution in [0.2, 0.25) is 0 Å². The molecule has 1 rings (SSSR count). The van der Waals surface area contributed by atoms with E-state index in [0.717, 1.165) is 5.56 Å². The molecule has 15 heavy (non-hydrogen) atoms. The number of benzene rings is 1. The lowest BCUT2D eigenvalue weighted by atomic mass is 10.2. The van der Waals surface area contributed by atoms with E-state index in [0.29, 0.717) is 13.0 Å². The van der Waals surface area contributed by atoms with Crippen LogP contribution in [0.15, 0.2) is 30.3 Å². The fourth-order valence-electron chi connectivity index (χ4n) is 1.07. The van der Waals surface area contributed by atoms with E-state index in [1.165, 1.54) is 5.01 Å². The van der Waals surface area contributed by atoms with Crippen molar-refractivity contribution < 1.29 is 9.59 Å². The number of hydrazine groups is 1. The number of hydrogen-bond acceptors (Lipinski definition) is 2. The van der Waals surface area contributed by atoms with Crippen LogP contribution in [0, 0.1) is 0 Å². The minimum Gasteiger partial charge on any atom is -0.277 e. The Morgan fingerprint density at radius 2 is 2.07 bits per heavy atom. The number of amides is 2. The van der Waals surface area contributed by atoms with Gasteiger partial charge in [-0.05, 0) is 5.56 Å². The van der Waals surface area contributed by atoms with Crippen molar-refractivity contribution in [1.82, 2.24) is 10.4 Å². The van der Waals surface area contributed by atoms with Crippen molar-refractivity contribution in [3.63, 3.8) is 0 Å². The Hall–Kier alpha value is -1.36. The van der Waals surface area contributed by atoms with E-state index in [2.05, 4.69) is 21.4 Å². The molecule has 0 fully saturated rings. The van der Waals surface area contributed by atoms with Gasteiger partial charge < -0.3 is 0 Å². The molecule has 0 aliphatic heterocycles. The summed E-state index contributed by atoms with van der Waals surface area (Å²) in [6.45, 7) is 0.364. The zero-order valence-electron chi connectivity index (χ0n) is 8.02. The zero-order valence-corrected chi connectivity index (χ0v) is 9.61. The fourth-order valence-corrected chi connectivity index (χ4v) is 1.20. The lowest BCUT2D eigenvalue weighted by molar-refractivity contribution is -0.132. The quantitative estimate of drug-likeness (QED) is 0.495. The Balaban J connectivity index is 2.54. The molecule has 5 heteroatoms. The molecule has 0 saturated heterocycles. The van der Waals surface area contributed by atoms with Crippen LogP contribution in [-0.2, 0) is 16.1 Å². The molecule has 0 spiro atoms. The maximum atomic E-state index is 11.0. The van der Waals surface area contributed by atoms with E-state index in [1.807, 2.05) is 30.3 Å². The standard InChI is InChI=1S/C10H11BrN2O2/c11-6-10(15)12-13(8-14)7-9-4-2-1-3-5-9/h1-5,8H,6-7H2,(H,12,15). The summed E-state index contributed by atoms with van der Waals surface area (Å²) < 4.78 is 0. The van der Waals surface area contributed by atoms with Gasteiger partial charge in [-0.15, -0.1) is 0 Å². The molecule has 1 N–H and O–H groups in total. The van der Waals surface area contributed by atoms with Crippen molar-refractivity contribution in [2.45, 2.75) is 6.54 Å². The van der Waals surface area contributed by atoms with Crippen molar-refractivity contribution in [3.8, 4) is 0 Å². The summed E-state index contributed by atoms with van der Waals surface area (Å²) in [5.74, 6) is -0.252. The summed E-state index contributed by atoms with van der Waals surface area (Å²) in [4.78, 5) is 21.7. The maximum Gasteiger partial charge on any atom is 0.249 e. The minimum absolute atomic E-state index is 0.173. The molecule has 4 nitrogen and oxygen atoms in total. The molecule has 0 radical (unpaired) electrons. The van der Waals surface area contributed by atoms with Gasteiger partial charge >= 0.3 is 0 Å². The van der Waals surface area contributed by atoms with Gasteiger partial charge in [0.2, 0.25) is 12.3 Å². The van der Waals surface area contributed by atoms with Crippen molar-refractivity contribution in [2.75, 3.05) is 5.33 Å². The van der Waals surface area contributed by atoms with Crippen molar-refractivity contribution in [1.29, 1.82) is 0 Å². The molecule has 1 aromatic rings. The largest absolute Gasteiger partial charge is 0.277 e.